The van der Waals surface area contributed by atoms with Gasteiger partial charge >= 0.3 is 0 Å². The van der Waals surface area contributed by atoms with Crippen LogP contribution in [0.2, 0.25) is 5.02 Å². The molecular weight excluding hydrogens is 504 g/mol. The first kappa shape index (κ1) is 33.0. The summed E-state index contributed by atoms with van der Waals surface area (Å²) in [6.45, 7) is 12.3. The van der Waals surface area contributed by atoms with Crippen LogP contribution in [0.5, 0.6) is 5.75 Å². The molecule has 0 bridgehead atoms. The Labute approximate surface area is 233 Å². The zero-order chi connectivity index (χ0) is 27.5. The van der Waals surface area contributed by atoms with Crippen LogP contribution < -0.4 is 4.74 Å². The van der Waals surface area contributed by atoms with Gasteiger partial charge in [0.15, 0.2) is 0 Å². The molecule has 0 amide bonds. The number of hydrogen-bond acceptors (Lipinski definition) is 5. The maximum absolute atomic E-state index is 6.22. The number of ether oxygens (including phenoxy) is 3. The Balaban J connectivity index is 0.000000525. The molecule has 0 saturated heterocycles. The molecule has 4 rings (SSSR count). The lowest BCUT2D eigenvalue weighted by Crippen LogP contribution is -2.12. The fourth-order valence-electron chi connectivity index (χ4n) is 3.70. The lowest BCUT2D eigenvalue weighted by atomic mass is 9.95. The summed E-state index contributed by atoms with van der Waals surface area (Å²) in [7, 11) is 1.70. The van der Waals surface area contributed by atoms with Gasteiger partial charge in [0, 0.05) is 30.4 Å². The summed E-state index contributed by atoms with van der Waals surface area (Å²) in [4.78, 5) is 0. The maximum atomic E-state index is 6.22. The molecule has 1 unspecified atom stereocenters. The van der Waals surface area contributed by atoms with Gasteiger partial charge in [-0.3, -0.25) is 0 Å². The van der Waals surface area contributed by atoms with Gasteiger partial charge in [0.25, 0.3) is 0 Å². The van der Waals surface area contributed by atoms with Gasteiger partial charge < -0.3 is 18.4 Å². The Morgan fingerprint density at radius 2 is 1.68 bits per heavy atom. The van der Waals surface area contributed by atoms with Crippen molar-refractivity contribution >= 4 is 23.6 Å². The summed E-state index contributed by atoms with van der Waals surface area (Å²) in [5.41, 5.74) is 5.64. The third-order valence-corrected chi connectivity index (χ3v) is 5.76. The third kappa shape index (κ3) is 11.5. The van der Waals surface area contributed by atoms with Crippen LogP contribution in [0, 0.1) is 6.92 Å². The molecular formula is C31H43ClO4S. The van der Waals surface area contributed by atoms with Crippen LogP contribution in [-0.2, 0) is 26.7 Å². The average Bonchev–Trinajstić information content (AvgIpc) is 3.41. The monoisotopic (exact) mass is 546 g/mol. The number of hydrogen-bond donors (Lipinski definition) is 0. The van der Waals surface area contributed by atoms with E-state index in [1.807, 2.05) is 76.4 Å². The Bertz CT molecular complexity index is 998. The summed E-state index contributed by atoms with van der Waals surface area (Å²) >= 11 is 7.56. The molecule has 37 heavy (non-hydrogen) atoms. The minimum atomic E-state index is -0.275. The van der Waals surface area contributed by atoms with Gasteiger partial charge in [-0.1, -0.05) is 87.3 Å². The van der Waals surface area contributed by atoms with Crippen LogP contribution in [0.25, 0.3) is 0 Å². The summed E-state index contributed by atoms with van der Waals surface area (Å²) < 4.78 is 22.8. The zero-order valence-electron chi connectivity index (χ0n) is 23.4. The highest BCUT2D eigenvalue weighted by Crippen LogP contribution is 2.39. The van der Waals surface area contributed by atoms with E-state index in [1.54, 1.807) is 7.11 Å². The van der Waals surface area contributed by atoms with Gasteiger partial charge in [-0.05, 0) is 59.9 Å². The summed E-state index contributed by atoms with van der Waals surface area (Å²) in [6.07, 6.45) is 2.52. The Kier molecular flexibility index (Phi) is 17.8. The van der Waals surface area contributed by atoms with E-state index in [-0.39, 0.29) is 6.10 Å². The van der Waals surface area contributed by atoms with Crippen molar-refractivity contribution in [2.75, 3.05) is 33.2 Å². The van der Waals surface area contributed by atoms with Gasteiger partial charge in [-0.15, -0.1) is 0 Å². The molecule has 4 nitrogen and oxygen atoms in total. The van der Waals surface area contributed by atoms with E-state index < -0.39 is 0 Å². The van der Waals surface area contributed by atoms with Crippen LogP contribution >= 0.6 is 23.6 Å². The fourth-order valence-corrected chi connectivity index (χ4v) is 4.14. The van der Waals surface area contributed by atoms with E-state index >= 15 is 0 Å². The molecule has 1 atom stereocenters. The van der Waals surface area contributed by atoms with Crippen molar-refractivity contribution < 1.29 is 18.4 Å². The number of fused-ring (bicyclic) bond motifs is 1. The van der Waals surface area contributed by atoms with E-state index in [1.165, 1.54) is 23.2 Å². The summed E-state index contributed by atoms with van der Waals surface area (Å²) in [5, 5.41) is 0.682. The van der Waals surface area contributed by atoms with Crippen molar-refractivity contribution in [3.8, 4) is 5.75 Å². The fraction of sp³-hybridized carbons (Fsp3) is 0.419. The molecule has 0 aliphatic carbocycles. The van der Waals surface area contributed by atoms with E-state index in [0.29, 0.717) is 31.5 Å². The third-order valence-electron chi connectivity index (χ3n) is 5.13. The number of rotatable bonds is 9. The topological polar surface area (TPSA) is 36.9 Å². The van der Waals surface area contributed by atoms with E-state index in [0.717, 1.165) is 28.9 Å². The van der Waals surface area contributed by atoms with Crippen molar-refractivity contribution in [3.63, 3.8) is 0 Å². The van der Waals surface area contributed by atoms with Crippen LogP contribution in [0.4, 0.5) is 0 Å². The first-order chi connectivity index (χ1) is 18.1. The molecule has 3 aromatic carbocycles. The number of aryl methyl sites for hydroxylation is 1. The van der Waals surface area contributed by atoms with Gasteiger partial charge in [0.1, 0.15) is 11.9 Å². The van der Waals surface area contributed by atoms with Gasteiger partial charge in [0.05, 0.1) is 26.4 Å². The molecule has 0 radical (unpaired) electrons. The first-order valence-corrected chi connectivity index (χ1v) is 14.5. The molecule has 3 aromatic rings. The van der Waals surface area contributed by atoms with Crippen molar-refractivity contribution in [3.05, 3.63) is 99.6 Å². The Hall–Kier alpha value is -2.02. The van der Waals surface area contributed by atoms with Crippen molar-refractivity contribution in [2.24, 2.45) is 0 Å². The minimum absolute atomic E-state index is 0.275. The molecule has 1 heterocycles. The van der Waals surface area contributed by atoms with Gasteiger partial charge in [0.2, 0.25) is 0 Å². The number of benzene rings is 3. The minimum Gasteiger partial charge on any atom is -0.493 e. The molecule has 0 saturated carbocycles. The largest absolute Gasteiger partial charge is 0.493 e. The van der Waals surface area contributed by atoms with E-state index in [2.05, 4.69) is 31.2 Å². The van der Waals surface area contributed by atoms with Crippen molar-refractivity contribution in [1.29, 1.82) is 0 Å². The van der Waals surface area contributed by atoms with Crippen LogP contribution in [0.1, 0.15) is 61.6 Å². The van der Waals surface area contributed by atoms with Crippen molar-refractivity contribution in [1.82, 2.24) is 0 Å². The zero-order valence-corrected chi connectivity index (χ0v) is 25.0. The Morgan fingerprint density at radius 1 is 0.946 bits per heavy atom. The van der Waals surface area contributed by atoms with E-state index in [4.69, 9.17) is 30.0 Å². The predicted molar refractivity (Wildman–Crippen MR) is 159 cm³/mol. The van der Waals surface area contributed by atoms with Gasteiger partial charge in [-0.2, -0.15) is 0 Å². The number of halogens is 1. The second kappa shape index (κ2) is 20.0. The second-order valence-electron chi connectivity index (χ2n) is 7.65. The standard InChI is InChI=1S/C20H23ClO4S.C7H8.2C2H6/c1-22-13-14-10-16-6-7-23-20(16)18(11-14)19(24-8-9-25-26-2)15-4-3-5-17(21)12-15;1-7-5-3-2-4-6-7;2*1-2/h3-5,10-12,19H,6-9,13H2,1-2H3;2-6H,1H3;2*1-2H3. The number of methoxy groups -OCH3 is 1. The molecule has 204 valence electrons. The quantitative estimate of drug-likeness (QED) is 0.198. The molecule has 0 fully saturated rings. The molecule has 1 aliphatic heterocycles. The summed E-state index contributed by atoms with van der Waals surface area (Å²) in [6, 6.07) is 22.3. The SMILES string of the molecule is CC.CC.COCc1cc2c(c(C(OCCOSC)c3cccc(Cl)c3)c1)OCC2.Cc1ccccc1. The smallest absolute Gasteiger partial charge is 0.128 e. The van der Waals surface area contributed by atoms with Crippen molar-refractivity contribution in [2.45, 2.75) is 53.8 Å². The highest BCUT2D eigenvalue weighted by Gasteiger charge is 2.25. The lowest BCUT2D eigenvalue weighted by molar-refractivity contribution is 0.0590. The molecule has 0 aromatic heterocycles. The average molecular weight is 547 g/mol. The second-order valence-corrected chi connectivity index (χ2v) is 8.66. The van der Waals surface area contributed by atoms with Crippen LogP contribution in [-0.4, -0.2) is 33.2 Å². The Morgan fingerprint density at radius 3 is 2.27 bits per heavy atom. The summed E-state index contributed by atoms with van der Waals surface area (Å²) in [5.74, 6) is 0.917. The van der Waals surface area contributed by atoms with Crippen LogP contribution in [0.15, 0.2) is 66.7 Å². The molecule has 6 heteroatoms. The normalized spacial score (nSPS) is 11.9. The highest BCUT2D eigenvalue weighted by molar-refractivity contribution is 7.93. The molecule has 1 aliphatic rings. The first-order valence-electron chi connectivity index (χ1n) is 12.9. The predicted octanol–water partition coefficient (Wildman–Crippen LogP) is 8.87. The lowest BCUT2D eigenvalue weighted by Gasteiger charge is -2.22. The van der Waals surface area contributed by atoms with E-state index in [9.17, 15) is 0 Å². The molecule has 0 spiro atoms. The molecule has 0 N–H and O–H groups in total. The van der Waals surface area contributed by atoms with Crippen LogP contribution in [0.3, 0.4) is 0 Å². The van der Waals surface area contributed by atoms with Gasteiger partial charge in [-0.25, -0.2) is 0 Å². The highest BCUT2D eigenvalue weighted by atomic mass is 35.5. The maximum Gasteiger partial charge on any atom is 0.128 e.